The van der Waals surface area contributed by atoms with E-state index in [1.807, 2.05) is 6.07 Å². The van der Waals surface area contributed by atoms with Gasteiger partial charge in [0.05, 0.1) is 0 Å². The molecule has 0 aliphatic heterocycles. The lowest BCUT2D eigenvalue weighted by Crippen LogP contribution is -2.15. The first-order chi connectivity index (χ1) is 13.1. The fraction of sp³-hybridized carbons (Fsp3) is 0.0909. The molecule has 0 N–H and O–H groups in total. The van der Waals surface area contributed by atoms with Crippen LogP contribution < -0.4 is 4.74 Å². The molecule has 0 atom stereocenters. The summed E-state index contributed by atoms with van der Waals surface area (Å²) in [5.41, 5.74) is 1.42. The van der Waals surface area contributed by atoms with Crippen molar-refractivity contribution in [2.75, 3.05) is 6.61 Å². The second kappa shape index (κ2) is 8.76. The number of rotatable bonds is 7. The maximum absolute atomic E-state index is 13.5. The minimum atomic E-state index is -0.609. The van der Waals surface area contributed by atoms with Crippen molar-refractivity contribution in [3.63, 3.8) is 0 Å². The number of ketones is 1. The predicted molar refractivity (Wildman–Crippen MR) is 98.0 cm³/mol. The van der Waals surface area contributed by atoms with Gasteiger partial charge in [0.25, 0.3) is 0 Å². The zero-order valence-corrected chi connectivity index (χ0v) is 14.4. The zero-order valence-electron chi connectivity index (χ0n) is 14.4. The second-order valence-corrected chi connectivity index (χ2v) is 5.76. The van der Waals surface area contributed by atoms with Crippen LogP contribution in [0.25, 0.3) is 0 Å². The van der Waals surface area contributed by atoms with E-state index >= 15 is 0 Å². The Bertz CT molecular complexity index is 921. The van der Waals surface area contributed by atoms with Gasteiger partial charge < -0.3 is 9.47 Å². The van der Waals surface area contributed by atoms with Crippen molar-refractivity contribution < 1.29 is 23.5 Å². The van der Waals surface area contributed by atoms with Crippen LogP contribution in [-0.2, 0) is 16.1 Å². The Kier molecular flexibility index (Phi) is 5.94. The molecule has 0 saturated carbocycles. The summed E-state index contributed by atoms with van der Waals surface area (Å²) in [6.45, 7) is -0.459. The van der Waals surface area contributed by atoms with Crippen molar-refractivity contribution in [1.82, 2.24) is 0 Å². The largest absolute Gasteiger partial charge is 0.482 e. The van der Waals surface area contributed by atoms with Gasteiger partial charge in [0, 0.05) is 16.7 Å². The van der Waals surface area contributed by atoms with Gasteiger partial charge in [0.15, 0.2) is 12.4 Å². The molecule has 0 fully saturated rings. The lowest BCUT2D eigenvalue weighted by molar-refractivity contribution is -0.147. The normalized spacial score (nSPS) is 10.3. The monoisotopic (exact) mass is 364 g/mol. The molecule has 0 aliphatic carbocycles. The lowest BCUT2D eigenvalue weighted by Gasteiger charge is -2.08. The SMILES string of the molecule is O=C(COc1ccc(C(=O)c2ccccc2)cc1)OCc1ccccc1F. The van der Waals surface area contributed by atoms with Crippen LogP contribution in [0.4, 0.5) is 4.39 Å². The highest BCUT2D eigenvalue weighted by Gasteiger charge is 2.10. The van der Waals surface area contributed by atoms with Gasteiger partial charge >= 0.3 is 5.97 Å². The fourth-order valence-electron chi connectivity index (χ4n) is 2.42. The van der Waals surface area contributed by atoms with E-state index < -0.39 is 11.8 Å². The molecule has 0 spiro atoms. The maximum Gasteiger partial charge on any atom is 0.344 e. The first kappa shape index (κ1) is 18.3. The predicted octanol–water partition coefficient (Wildman–Crippen LogP) is 4.18. The van der Waals surface area contributed by atoms with Crippen molar-refractivity contribution >= 4 is 11.8 Å². The number of ether oxygens (including phenoxy) is 2. The summed E-state index contributed by atoms with van der Waals surface area (Å²) < 4.78 is 23.8. The number of benzene rings is 3. The molecule has 0 bridgehead atoms. The van der Waals surface area contributed by atoms with Crippen LogP contribution in [0.2, 0.25) is 0 Å². The van der Waals surface area contributed by atoms with Gasteiger partial charge in [-0.1, -0.05) is 48.5 Å². The molecule has 0 saturated heterocycles. The average Bonchev–Trinajstić information content (AvgIpc) is 2.72. The molecule has 136 valence electrons. The maximum atomic E-state index is 13.5. The van der Waals surface area contributed by atoms with E-state index in [1.54, 1.807) is 66.7 Å². The Labute approximate surface area is 156 Å². The summed E-state index contributed by atoms with van der Waals surface area (Å²) in [6.07, 6.45) is 0. The first-order valence-electron chi connectivity index (χ1n) is 8.35. The fourth-order valence-corrected chi connectivity index (χ4v) is 2.42. The summed E-state index contributed by atoms with van der Waals surface area (Å²) in [4.78, 5) is 24.1. The minimum Gasteiger partial charge on any atom is -0.482 e. The summed E-state index contributed by atoms with van der Waals surface area (Å²) >= 11 is 0. The van der Waals surface area contributed by atoms with Crippen LogP contribution in [0.5, 0.6) is 5.75 Å². The molecule has 0 heterocycles. The van der Waals surface area contributed by atoms with Gasteiger partial charge in [-0.3, -0.25) is 4.79 Å². The van der Waals surface area contributed by atoms with Crippen molar-refractivity contribution in [1.29, 1.82) is 0 Å². The minimum absolute atomic E-state index is 0.0913. The second-order valence-electron chi connectivity index (χ2n) is 5.76. The Morgan fingerprint density at radius 1 is 0.778 bits per heavy atom. The number of hydrogen-bond donors (Lipinski definition) is 0. The first-order valence-corrected chi connectivity index (χ1v) is 8.35. The van der Waals surface area contributed by atoms with Crippen molar-refractivity contribution in [3.05, 3.63) is 101 Å². The van der Waals surface area contributed by atoms with Crippen LogP contribution in [-0.4, -0.2) is 18.4 Å². The van der Waals surface area contributed by atoms with Crippen LogP contribution in [0.15, 0.2) is 78.9 Å². The highest BCUT2D eigenvalue weighted by atomic mass is 19.1. The molecule has 0 amide bonds. The third-order valence-electron chi connectivity index (χ3n) is 3.86. The molecule has 0 aliphatic rings. The Morgan fingerprint density at radius 2 is 1.41 bits per heavy atom. The summed E-state index contributed by atoms with van der Waals surface area (Å²) in [7, 11) is 0. The van der Waals surface area contributed by atoms with Gasteiger partial charge in [-0.15, -0.1) is 0 Å². The van der Waals surface area contributed by atoms with Crippen LogP contribution in [0, 0.1) is 5.82 Å². The number of hydrogen-bond acceptors (Lipinski definition) is 4. The Balaban J connectivity index is 1.50. The molecule has 0 aromatic heterocycles. The average molecular weight is 364 g/mol. The van der Waals surface area contributed by atoms with Crippen molar-refractivity contribution in [3.8, 4) is 5.75 Å². The van der Waals surface area contributed by atoms with Gasteiger partial charge in [-0.05, 0) is 30.3 Å². The van der Waals surface area contributed by atoms with Gasteiger partial charge in [0.2, 0.25) is 0 Å². The third kappa shape index (κ3) is 5.01. The molecule has 0 unspecified atom stereocenters. The van der Waals surface area contributed by atoms with Gasteiger partial charge in [-0.2, -0.15) is 0 Å². The summed E-state index contributed by atoms with van der Waals surface area (Å²) in [5, 5.41) is 0. The number of carbonyl (C=O) groups excluding carboxylic acids is 2. The molecule has 3 aromatic rings. The topological polar surface area (TPSA) is 52.6 Å². The molecule has 3 rings (SSSR count). The standard InChI is InChI=1S/C22H17FO4/c23-20-9-5-4-8-18(20)14-27-21(24)15-26-19-12-10-17(11-13-19)22(25)16-6-2-1-3-7-16/h1-13H,14-15H2. The quantitative estimate of drug-likeness (QED) is 0.466. The molecular formula is C22H17FO4. The van der Waals surface area contributed by atoms with E-state index in [0.717, 1.165) is 0 Å². The molecule has 4 nitrogen and oxygen atoms in total. The van der Waals surface area contributed by atoms with E-state index in [9.17, 15) is 14.0 Å². The zero-order chi connectivity index (χ0) is 19.1. The van der Waals surface area contributed by atoms with Crippen LogP contribution in [0.1, 0.15) is 21.5 Å². The summed E-state index contributed by atoms with van der Waals surface area (Å²) in [6, 6.07) is 21.5. The van der Waals surface area contributed by atoms with E-state index in [1.165, 1.54) is 6.07 Å². The Hall–Kier alpha value is -3.47. The molecule has 0 radical (unpaired) electrons. The van der Waals surface area contributed by atoms with Crippen LogP contribution in [0.3, 0.4) is 0 Å². The molecule has 3 aromatic carbocycles. The smallest absolute Gasteiger partial charge is 0.344 e. The molecule has 27 heavy (non-hydrogen) atoms. The van der Waals surface area contributed by atoms with E-state index in [-0.39, 0.29) is 19.0 Å². The summed E-state index contributed by atoms with van der Waals surface area (Å²) in [5.74, 6) is -0.693. The number of carbonyl (C=O) groups is 2. The van der Waals surface area contributed by atoms with E-state index in [2.05, 4.69) is 0 Å². The van der Waals surface area contributed by atoms with E-state index in [0.29, 0.717) is 22.4 Å². The van der Waals surface area contributed by atoms with Crippen molar-refractivity contribution in [2.24, 2.45) is 0 Å². The third-order valence-corrected chi connectivity index (χ3v) is 3.86. The Morgan fingerprint density at radius 3 is 2.11 bits per heavy atom. The lowest BCUT2D eigenvalue weighted by atomic mass is 10.0. The molecular weight excluding hydrogens is 347 g/mol. The van der Waals surface area contributed by atoms with Gasteiger partial charge in [-0.25, -0.2) is 9.18 Å². The highest BCUT2D eigenvalue weighted by molar-refractivity contribution is 6.08. The van der Waals surface area contributed by atoms with Crippen molar-refractivity contribution in [2.45, 2.75) is 6.61 Å². The van der Waals surface area contributed by atoms with E-state index in [4.69, 9.17) is 9.47 Å². The van der Waals surface area contributed by atoms with Gasteiger partial charge in [0.1, 0.15) is 18.2 Å². The number of esters is 1. The van der Waals surface area contributed by atoms with Crippen LogP contribution >= 0.6 is 0 Å². The molecule has 5 heteroatoms. The number of halogens is 1. The highest BCUT2D eigenvalue weighted by Crippen LogP contribution is 2.16.